The van der Waals surface area contributed by atoms with Crippen molar-refractivity contribution in [3.8, 4) is 22.8 Å². The smallest absolute Gasteiger partial charge is 0.161 e. The summed E-state index contributed by atoms with van der Waals surface area (Å²) in [6.45, 7) is 1.33. The van der Waals surface area contributed by atoms with Crippen LogP contribution in [0.4, 0.5) is 0 Å². The number of benzene rings is 2. The van der Waals surface area contributed by atoms with Crippen molar-refractivity contribution in [1.29, 1.82) is 0 Å². The maximum absolute atomic E-state index is 6.17. The van der Waals surface area contributed by atoms with Gasteiger partial charge in [0.2, 0.25) is 0 Å². The molecule has 6 heteroatoms. The van der Waals surface area contributed by atoms with Gasteiger partial charge in [-0.15, -0.1) is 0 Å². The van der Waals surface area contributed by atoms with E-state index < -0.39 is 0 Å². The van der Waals surface area contributed by atoms with Crippen LogP contribution in [0.25, 0.3) is 22.3 Å². The molecule has 0 atom stereocenters. The van der Waals surface area contributed by atoms with Gasteiger partial charge in [-0.1, -0.05) is 11.6 Å². The van der Waals surface area contributed by atoms with Crippen molar-refractivity contribution in [2.45, 2.75) is 6.42 Å². The second-order valence-corrected chi connectivity index (χ2v) is 6.37. The van der Waals surface area contributed by atoms with Gasteiger partial charge in [0.15, 0.2) is 11.5 Å². The molecule has 1 heterocycles. The van der Waals surface area contributed by atoms with Gasteiger partial charge in [0.25, 0.3) is 0 Å². The van der Waals surface area contributed by atoms with Crippen LogP contribution in [-0.4, -0.2) is 34.5 Å². The summed E-state index contributed by atoms with van der Waals surface area (Å²) in [6, 6.07) is 13.1. The van der Waals surface area contributed by atoms with Crippen molar-refractivity contribution in [2.24, 2.45) is 4.99 Å². The molecule has 0 unspecified atom stereocenters. The van der Waals surface area contributed by atoms with Gasteiger partial charge in [-0.3, -0.25) is 4.99 Å². The van der Waals surface area contributed by atoms with E-state index in [1.165, 1.54) is 0 Å². The van der Waals surface area contributed by atoms with E-state index in [0.717, 1.165) is 28.3 Å². The second-order valence-electron chi connectivity index (χ2n) is 5.93. The fourth-order valence-corrected chi connectivity index (χ4v) is 2.98. The number of hydrogen-bond donors (Lipinski definition) is 0. The molecule has 3 aromatic rings. The zero-order chi connectivity index (χ0) is 19.2. The van der Waals surface area contributed by atoms with Gasteiger partial charge in [-0.2, -0.15) is 0 Å². The highest BCUT2D eigenvalue weighted by molar-refractivity contribution is 6.31. The zero-order valence-electron chi connectivity index (χ0n) is 15.6. The Morgan fingerprint density at radius 2 is 1.78 bits per heavy atom. The molecule has 0 saturated carbocycles. The molecule has 0 spiro atoms. The first-order chi connectivity index (χ1) is 13.2. The van der Waals surface area contributed by atoms with E-state index >= 15 is 0 Å². The minimum Gasteiger partial charge on any atom is -0.493 e. The average molecular weight is 388 g/mol. The number of rotatable bonds is 7. The molecule has 1 aromatic heterocycles. The van der Waals surface area contributed by atoms with Crippen molar-refractivity contribution in [3.05, 3.63) is 52.8 Å². The van der Waals surface area contributed by atoms with Crippen molar-refractivity contribution < 1.29 is 18.6 Å². The molecule has 0 aliphatic rings. The van der Waals surface area contributed by atoms with E-state index in [-0.39, 0.29) is 0 Å². The maximum atomic E-state index is 6.17. The molecule has 0 bridgehead atoms. The SMILES string of the molecule is COCCCN=c1cc(-c2ccc(OC)c(OC)c2)oc2ccc(Cl)cc12. The summed E-state index contributed by atoms with van der Waals surface area (Å²) in [5.74, 6) is 1.99. The summed E-state index contributed by atoms with van der Waals surface area (Å²) in [5.41, 5.74) is 1.59. The number of nitrogens with zero attached hydrogens (tertiary/aromatic N) is 1. The molecule has 142 valence electrons. The first-order valence-corrected chi connectivity index (χ1v) is 8.99. The third kappa shape index (κ3) is 4.43. The van der Waals surface area contributed by atoms with Crippen molar-refractivity contribution in [3.63, 3.8) is 0 Å². The van der Waals surface area contributed by atoms with E-state index in [1.54, 1.807) is 27.4 Å². The third-order valence-corrected chi connectivity index (χ3v) is 4.40. The Morgan fingerprint density at radius 1 is 0.963 bits per heavy atom. The largest absolute Gasteiger partial charge is 0.493 e. The monoisotopic (exact) mass is 387 g/mol. The lowest BCUT2D eigenvalue weighted by molar-refractivity contribution is 0.196. The summed E-state index contributed by atoms with van der Waals surface area (Å²) in [7, 11) is 4.90. The minimum absolute atomic E-state index is 0.639. The Hall–Kier alpha value is -2.50. The van der Waals surface area contributed by atoms with E-state index in [4.69, 9.17) is 35.2 Å². The molecule has 3 rings (SSSR count). The summed E-state index contributed by atoms with van der Waals surface area (Å²) in [5, 5.41) is 2.36. The van der Waals surface area contributed by atoms with Crippen LogP contribution in [0.1, 0.15) is 6.42 Å². The van der Waals surface area contributed by atoms with Crippen LogP contribution in [0.2, 0.25) is 5.02 Å². The van der Waals surface area contributed by atoms with Gasteiger partial charge in [-0.05, 0) is 42.8 Å². The molecule has 27 heavy (non-hydrogen) atoms. The molecule has 2 aromatic carbocycles. The van der Waals surface area contributed by atoms with Crippen LogP contribution in [0, 0.1) is 0 Å². The minimum atomic E-state index is 0.639. The van der Waals surface area contributed by atoms with Crippen molar-refractivity contribution in [2.75, 3.05) is 34.5 Å². The number of fused-ring (bicyclic) bond motifs is 1. The number of ether oxygens (including phenoxy) is 3. The molecular formula is C21H22ClNO4. The molecule has 5 nitrogen and oxygen atoms in total. The molecule has 0 aliphatic heterocycles. The lowest BCUT2D eigenvalue weighted by Gasteiger charge is -2.10. The van der Waals surface area contributed by atoms with Gasteiger partial charge < -0.3 is 18.6 Å². The van der Waals surface area contributed by atoms with E-state index in [9.17, 15) is 0 Å². The third-order valence-electron chi connectivity index (χ3n) is 4.16. The second kappa shape index (κ2) is 8.93. The summed E-state index contributed by atoms with van der Waals surface area (Å²) in [6.07, 6.45) is 0.844. The van der Waals surface area contributed by atoms with Crippen LogP contribution < -0.4 is 14.8 Å². The standard InChI is InChI=1S/C21H22ClNO4/c1-24-10-4-9-23-17-13-20(27-18-8-6-15(22)12-16(17)18)14-5-7-19(25-2)21(11-14)26-3/h5-8,11-13H,4,9-10H2,1-3H3. The average Bonchev–Trinajstić information content (AvgIpc) is 2.70. The summed E-state index contributed by atoms with van der Waals surface area (Å²) >= 11 is 6.17. The molecule has 0 saturated heterocycles. The van der Waals surface area contributed by atoms with Crippen LogP contribution >= 0.6 is 11.6 Å². The quantitative estimate of drug-likeness (QED) is 0.551. The topological polar surface area (TPSA) is 53.2 Å². The highest BCUT2D eigenvalue weighted by Gasteiger charge is 2.10. The lowest BCUT2D eigenvalue weighted by atomic mass is 10.1. The van der Waals surface area contributed by atoms with Gasteiger partial charge in [-0.25, -0.2) is 0 Å². The maximum Gasteiger partial charge on any atom is 0.161 e. The van der Waals surface area contributed by atoms with Crippen LogP contribution in [0.3, 0.4) is 0 Å². The normalized spacial score (nSPS) is 11.8. The predicted octanol–water partition coefficient (Wildman–Crippen LogP) is 4.71. The molecule has 0 aliphatic carbocycles. The fraction of sp³-hybridized carbons (Fsp3) is 0.286. The van der Waals surface area contributed by atoms with Gasteiger partial charge in [0.1, 0.15) is 11.3 Å². The first kappa shape index (κ1) is 19.3. The number of halogens is 1. The van der Waals surface area contributed by atoms with Crippen molar-refractivity contribution >= 4 is 22.6 Å². The fourth-order valence-electron chi connectivity index (χ4n) is 2.81. The molecular weight excluding hydrogens is 366 g/mol. The molecule has 0 radical (unpaired) electrons. The van der Waals surface area contributed by atoms with E-state index in [0.29, 0.717) is 35.4 Å². The first-order valence-electron chi connectivity index (χ1n) is 8.61. The van der Waals surface area contributed by atoms with Crippen LogP contribution in [-0.2, 0) is 4.74 Å². The summed E-state index contributed by atoms with van der Waals surface area (Å²) in [4.78, 5) is 4.72. The number of methoxy groups -OCH3 is 3. The Kier molecular flexibility index (Phi) is 6.37. The predicted molar refractivity (Wildman–Crippen MR) is 107 cm³/mol. The highest BCUT2D eigenvalue weighted by atomic mass is 35.5. The van der Waals surface area contributed by atoms with Crippen LogP contribution in [0.5, 0.6) is 11.5 Å². The Bertz CT molecular complexity index is 997. The Balaban J connectivity index is 2.12. The van der Waals surface area contributed by atoms with Gasteiger partial charge >= 0.3 is 0 Å². The molecule has 0 fully saturated rings. The molecule has 0 amide bonds. The number of hydrogen-bond acceptors (Lipinski definition) is 5. The highest BCUT2D eigenvalue weighted by Crippen LogP contribution is 2.33. The van der Waals surface area contributed by atoms with E-state index in [1.807, 2.05) is 36.4 Å². The van der Waals surface area contributed by atoms with E-state index in [2.05, 4.69) is 0 Å². The zero-order valence-corrected chi connectivity index (χ0v) is 16.4. The Morgan fingerprint density at radius 3 is 2.52 bits per heavy atom. The summed E-state index contributed by atoms with van der Waals surface area (Å²) < 4.78 is 21.9. The van der Waals surface area contributed by atoms with Crippen LogP contribution in [0.15, 0.2) is 51.9 Å². The molecule has 0 N–H and O–H groups in total. The van der Waals surface area contributed by atoms with Crippen molar-refractivity contribution in [1.82, 2.24) is 0 Å². The van der Waals surface area contributed by atoms with Gasteiger partial charge in [0.05, 0.1) is 19.6 Å². The lowest BCUT2D eigenvalue weighted by Crippen LogP contribution is -2.06. The Labute approximate surface area is 163 Å². The van der Waals surface area contributed by atoms with Gasteiger partial charge in [0, 0.05) is 42.3 Å².